The maximum Gasteiger partial charge on any atom is 0.321 e. The van der Waals surface area contributed by atoms with E-state index in [0.29, 0.717) is 5.69 Å². The van der Waals surface area contributed by atoms with Crippen molar-refractivity contribution in [3.8, 4) is 0 Å². The van der Waals surface area contributed by atoms with Crippen molar-refractivity contribution in [2.45, 2.75) is 84.2 Å². The van der Waals surface area contributed by atoms with Gasteiger partial charge in [-0.05, 0) is 62.8 Å². The lowest BCUT2D eigenvalue weighted by Gasteiger charge is -2.29. The summed E-state index contributed by atoms with van der Waals surface area (Å²) in [4.78, 5) is 47.4. The van der Waals surface area contributed by atoms with Gasteiger partial charge >= 0.3 is 6.03 Å². The number of carbonyl (C=O) groups excluding carboxylic acids is 3. The molecule has 5 rings (SSSR count). The second-order valence-electron chi connectivity index (χ2n) is 11.4. The Morgan fingerprint density at radius 3 is 2.33 bits per heavy atom. The van der Waals surface area contributed by atoms with Gasteiger partial charge in [-0.1, -0.05) is 68.9 Å². The summed E-state index contributed by atoms with van der Waals surface area (Å²) in [5.74, 6) is -0.0662. The van der Waals surface area contributed by atoms with Gasteiger partial charge in [-0.15, -0.1) is 0 Å². The van der Waals surface area contributed by atoms with Crippen LogP contribution in [0.3, 0.4) is 0 Å². The number of fused-ring (bicyclic) bond motifs is 1. The SMILES string of the molecule is Cc1cccc(NC(=O)N[C@@H]2N=C(C3CCCCC3)c3cccc(C)c3N(CC(=O)C3CCCCC3)C2=O)c1. The minimum Gasteiger partial charge on any atom is -0.308 e. The van der Waals surface area contributed by atoms with Gasteiger partial charge < -0.3 is 15.5 Å². The van der Waals surface area contributed by atoms with Gasteiger partial charge in [0.2, 0.25) is 6.17 Å². The number of nitrogens with zero attached hydrogens (tertiary/aromatic N) is 2. The maximum atomic E-state index is 14.2. The van der Waals surface area contributed by atoms with Crippen LogP contribution in [0.15, 0.2) is 47.5 Å². The third-order valence-electron chi connectivity index (χ3n) is 8.46. The van der Waals surface area contributed by atoms with E-state index in [9.17, 15) is 14.4 Å². The normalized spacial score (nSPS) is 20.6. The number of aliphatic imine (C=N–C) groups is 1. The Morgan fingerprint density at radius 2 is 1.62 bits per heavy atom. The highest BCUT2D eigenvalue weighted by Gasteiger charge is 2.37. The van der Waals surface area contributed by atoms with E-state index in [1.165, 1.54) is 6.42 Å². The first-order valence-corrected chi connectivity index (χ1v) is 14.6. The van der Waals surface area contributed by atoms with Crippen molar-refractivity contribution in [2.75, 3.05) is 16.8 Å². The number of nitrogens with one attached hydrogen (secondary N) is 2. The predicted molar refractivity (Wildman–Crippen MR) is 155 cm³/mol. The van der Waals surface area contributed by atoms with E-state index in [1.54, 1.807) is 4.90 Å². The number of ketones is 1. The molecule has 2 aromatic carbocycles. The lowest BCUT2D eigenvalue weighted by atomic mass is 9.82. The molecule has 2 aliphatic carbocycles. The maximum absolute atomic E-state index is 14.2. The first-order chi connectivity index (χ1) is 18.9. The fraction of sp³-hybridized carbons (Fsp3) is 0.500. The standard InChI is InChI=1S/C32H40N4O3/c1-21-11-9-17-25(19-21)33-32(39)35-30-31(38)36(20-27(37)23-13-5-3-6-14-23)29-22(2)12-10-18-26(29)28(34-30)24-15-7-4-8-16-24/h9-12,17-19,23-24,30H,3-8,13-16,20H2,1-2H3,(H2,33,35,39)/t30-/m0/s1. The summed E-state index contributed by atoms with van der Waals surface area (Å²) in [5, 5.41) is 5.69. The summed E-state index contributed by atoms with van der Waals surface area (Å²) in [6, 6.07) is 13.0. The molecule has 7 heteroatoms. The fourth-order valence-corrected chi connectivity index (χ4v) is 6.42. The molecule has 2 N–H and O–H groups in total. The van der Waals surface area contributed by atoms with Gasteiger partial charge in [-0.3, -0.25) is 14.6 Å². The van der Waals surface area contributed by atoms with Gasteiger partial charge in [-0.2, -0.15) is 0 Å². The van der Waals surface area contributed by atoms with Crippen LogP contribution in [0.5, 0.6) is 0 Å². The van der Waals surface area contributed by atoms with Crippen molar-refractivity contribution in [1.82, 2.24) is 5.32 Å². The average Bonchev–Trinajstić information content (AvgIpc) is 3.05. The molecular weight excluding hydrogens is 488 g/mol. The molecule has 7 nitrogen and oxygen atoms in total. The largest absolute Gasteiger partial charge is 0.321 e. The van der Waals surface area contributed by atoms with E-state index in [2.05, 4.69) is 10.6 Å². The van der Waals surface area contributed by atoms with Crippen LogP contribution in [0.2, 0.25) is 0 Å². The van der Waals surface area contributed by atoms with E-state index >= 15 is 0 Å². The lowest BCUT2D eigenvalue weighted by molar-refractivity contribution is -0.126. The molecule has 39 heavy (non-hydrogen) atoms. The van der Waals surface area contributed by atoms with Gasteiger partial charge in [0, 0.05) is 23.1 Å². The Hall–Kier alpha value is -3.48. The van der Waals surface area contributed by atoms with Crippen LogP contribution < -0.4 is 15.5 Å². The number of carbonyl (C=O) groups is 3. The third kappa shape index (κ3) is 6.23. The van der Waals surface area contributed by atoms with Crippen LogP contribution in [-0.4, -0.2) is 36.1 Å². The Balaban J connectivity index is 1.50. The zero-order chi connectivity index (χ0) is 27.4. The topological polar surface area (TPSA) is 90.9 Å². The molecule has 1 aliphatic heterocycles. The van der Waals surface area contributed by atoms with E-state index in [4.69, 9.17) is 4.99 Å². The summed E-state index contributed by atoms with van der Waals surface area (Å²) in [6.07, 6.45) is 9.36. The molecule has 2 fully saturated rings. The van der Waals surface area contributed by atoms with Crippen molar-refractivity contribution in [1.29, 1.82) is 0 Å². The first-order valence-electron chi connectivity index (χ1n) is 14.6. The zero-order valence-electron chi connectivity index (χ0n) is 23.2. The zero-order valence-corrected chi connectivity index (χ0v) is 23.2. The average molecular weight is 529 g/mol. The minimum absolute atomic E-state index is 0.00645. The van der Waals surface area contributed by atoms with Gasteiger partial charge in [0.15, 0.2) is 5.78 Å². The number of para-hydroxylation sites is 1. The highest BCUT2D eigenvalue weighted by atomic mass is 16.2. The Kier molecular flexibility index (Phi) is 8.44. The van der Waals surface area contributed by atoms with Crippen LogP contribution in [0.25, 0.3) is 0 Å². The molecule has 1 heterocycles. The second kappa shape index (κ2) is 12.1. The molecule has 0 radical (unpaired) electrons. The van der Waals surface area contributed by atoms with Crippen molar-refractivity contribution in [3.05, 3.63) is 59.2 Å². The quantitative estimate of drug-likeness (QED) is 0.460. The summed E-state index contributed by atoms with van der Waals surface area (Å²) < 4.78 is 0. The molecule has 0 bridgehead atoms. The van der Waals surface area contributed by atoms with Crippen LogP contribution in [0.4, 0.5) is 16.2 Å². The van der Waals surface area contributed by atoms with Gasteiger partial charge in [0.1, 0.15) is 0 Å². The Morgan fingerprint density at radius 1 is 0.923 bits per heavy atom. The summed E-state index contributed by atoms with van der Waals surface area (Å²) >= 11 is 0. The molecule has 206 valence electrons. The fourth-order valence-electron chi connectivity index (χ4n) is 6.42. The van der Waals surface area contributed by atoms with Crippen LogP contribution >= 0.6 is 0 Å². The van der Waals surface area contributed by atoms with Crippen molar-refractivity contribution in [3.63, 3.8) is 0 Å². The molecule has 0 unspecified atom stereocenters. The molecule has 2 saturated carbocycles. The van der Waals surface area contributed by atoms with E-state index in [-0.39, 0.29) is 30.1 Å². The minimum atomic E-state index is -1.11. The number of rotatable bonds is 6. The van der Waals surface area contributed by atoms with Gasteiger partial charge in [-0.25, -0.2) is 4.79 Å². The molecule has 0 aromatic heterocycles. The molecule has 0 spiro atoms. The number of Topliss-reactive ketones (excluding diaryl/α,β-unsaturated/α-hetero) is 1. The predicted octanol–water partition coefficient (Wildman–Crippen LogP) is 6.32. The van der Waals surface area contributed by atoms with E-state index in [0.717, 1.165) is 85.9 Å². The number of amides is 3. The lowest BCUT2D eigenvalue weighted by Crippen LogP contribution is -2.50. The molecule has 3 aliphatic rings. The number of urea groups is 1. The summed E-state index contributed by atoms with van der Waals surface area (Å²) in [7, 11) is 0. The van der Waals surface area contributed by atoms with Crippen molar-refractivity contribution < 1.29 is 14.4 Å². The molecule has 3 amide bonds. The van der Waals surface area contributed by atoms with E-state index < -0.39 is 12.2 Å². The van der Waals surface area contributed by atoms with Crippen LogP contribution in [0.1, 0.15) is 80.9 Å². The van der Waals surface area contributed by atoms with Crippen LogP contribution in [-0.2, 0) is 9.59 Å². The smallest absolute Gasteiger partial charge is 0.308 e. The van der Waals surface area contributed by atoms with Gasteiger partial charge in [0.25, 0.3) is 5.91 Å². The Bertz CT molecular complexity index is 1260. The third-order valence-corrected chi connectivity index (χ3v) is 8.46. The summed E-state index contributed by atoms with van der Waals surface area (Å²) in [5.41, 5.74) is 5.15. The molecule has 0 saturated heterocycles. The highest BCUT2D eigenvalue weighted by molar-refractivity contribution is 6.16. The van der Waals surface area contributed by atoms with E-state index in [1.807, 2.05) is 56.3 Å². The highest BCUT2D eigenvalue weighted by Crippen LogP contribution is 2.36. The number of hydrogen-bond acceptors (Lipinski definition) is 4. The molecule has 2 aromatic rings. The first kappa shape index (κ1) is 27.1. The molecule has 1 atom stereocenters. The van der Waals surface area contributed by atoms with Crippen molar-refractivity contribution >= 4 is 34.8 Å². The number of aryl methyl sites for hydroxylation is 2. The second-order valence-corrected chi connectivity index (χ2v) is 11.4. The number of benzodiazepines with no additional fused rings is 1. The Labute approximate surface area is 231 Å². The number of hydrogen-bond donors (Lipinski definition) is 2. The summed E-state index contributed by atoms with van der Waals surface area (Å²) in [6.45, 7) is 3.95. The number of anilines is 2. The number of benzene rings is 2. The van der Waals surface area contributed by atoms with Crippen LogP contribution in [0, 0.1) is 25.7 Å². The monoisotopic (exact) mass is 528 g/mol. The molecular formula is C32H40N4O3. The van der Waals surface area contributed by atoms with Crippen molar-refractivity contribution in [2.24, 2.45) is 16.8 Å². The van der Waals surface area contributed by atoms with Gasteiger partial charge in [0.05, 0.1) is 17.9 Å².